The third-order valence-electron chi connectivity index (χ3n) is 6.61. The summed E-state index contributed by atoms with van der Waals surface area (Å²) in [7, 11) is 0. The molecule has 174 valence electrons. The van der Waals surface area contributed by atoms with E-state index in [0.717, 1.165) is 18.7 Å². The zero-order valence-corrected chi connectivity index (χ0v) is 18.5. The molecule has 0 aliphatic carbocycles. The molecule has 1 N–H and O–H groups in total. The molecule has 1 fully saturated rings. The Morgan fingerprint density at radius 2 is 1.62 bits per heavy atom. The Bertz CT molecular complexity index is 1240. The van der Waals surface area contributed by atoms with E-state index in [1.807, 2.05) is 18.2 Å². The van der Waals surface area contributed by atoms with Crippen molar-refractivity contribution in [3.05, 3.63) is 108 Å². The van der Waals surface area contributed by atoms with Crippen LogP contribution in [0.1, 0.15) is 18.4 Å². The smallest absolute Gasteiger partial charge is 0.253 e. The first-order valence-electron chi connectivity index (χ1n) is 11.2. The van der Waals surface area contributed by atoms with Crippen LogP contribution >= 0.6 is 0 Å². The van der Waals surface area contributed by atoms with Crippen LogP contribution in [0.15, 0.2) is 84.6 Å². The van der Waals surface area contributed by atoms with E-state index in [1.54, 1.807) is 17.0 Å². The maximum Gasteiger partial charge on any atom is 0.253 e. The summed E-state index contributed by atoms with van der Waals surface area (Å²) in [6.45, 7) is 2.22. The highest BCUT2D eigenvalue weighted by molar-refractivity contribution is 6.07. The molecular formula is C27H24F3N3O. The van der Waals surface area contributed by atoms with Crippen molar-refractivity contribution in [2.24, 2.45) is 0 Å². The van der Waals surface area contributed by atoms with Gasteiger partial charge in [0.1, 0.15) is 5.82 Å². The third kappa shape index (κ3) is 4.19. The van der Waals surface area contributed by atoms with Crippen LogP contribution in [-0.2, 0) is 11.3 Å². The Morgan fingerprint density at radius 1 is 0.853 bits per heavy atom. The van der Waals surface area contributed by atoms with Crippen molar-refractivity contribution in [3.63, 3.8) is 0 Å². The third-order valence-corrected chi connectivity index (χ3v) is 6.61. The number of nitrogens with one attached hydrogen (secondary N) is 1. The monoisotopic (exact) mass is 463 g/mol. The summed E-state index contributed by atoms with van der Waals surface area (Å²) in [5, 5.41) is 3.16. The number of hydrogen-bond donors (Lipinski definition) is 1. The number of likely N-dealkylation sites (tertiary alicyclic amines) is 1. The topological polar surface area (TPSA) is 35.6 Å². The predicted octanol–water partition coefficient (Wildman–Crippen LogP) is 5.48. The fourth-order valence-electron chi connectivity index (χ4n) is 4.94. The van der Waals surface area contributed by atoms with Gasteiger partial charge < -0.3 is 5.32 Å². The number of rotatable bonds is 5. The summed E-state index contributed by atoms with van der Waals surface area (Å²) in [6, 6.07) is 19.7. The number of amides is 1. The zero-order valence-electron chi connectivity index (χ0n) is 18.5. The number of halogens is 3. The predicted molar refractivity (Wildman–Crippen MR) is 126 cm³/mol. The van der Waals surface area contributed by atoms with Gasteiger partial charge in [0, 0.05) is 48.8 Å². The fraction of sp³-hybridized carbons (Fsp3) is 0.222. The van der Waals surface area contributed by atoms with Crippen molar-refractivity contribution in [2.75, 3.05) is 23.3 Å². The number of benzene rings is 3. The van der Waals surface area contributed by atoms with E-state index in [4.69, 9.17) is 0 Å². The highest BCUT2D eigenvalue weighted by Crippen LogP contribution is 2.43. The van der Waals surface area contributed by atoms with E-state index < -0.39 is 23.0 Å². The van der Waals surface area contributed by atoms with Crippen LogP contribution in [0.3, 0.4) is 0 Å². The van der Waals surface area contributed by atoms with Gasteiger partial charge in [-0.25, -0.2) is 13.2 Å². The second-order valence-electron chi connectivity index (χ2n) is 8.76. The van der Waals surface area contributed by atoms with Crippen molar-refractivity contribution in [2.45, 2.75) is 24.9 Å². The molecule has 1 saturated heterocycles. The van der Waals surface area contributed by atoms with Crippen molar-refractivity contribution < 1.29 is 18.0 Å². The minimum atomic E-state index is -0.969. The van der Waals surface area contributed by atoms with Crippen LogP contribution in [0, 0.1) is 17.5 Å². The van der Waals surface area contributed by atoms with Crippen LogP contribution in [-0.4, -0.2) is 29.4 Å². The van der Waals surface area contributed by atoms with E-state index >= 15 is 0 Å². The SMILES string of the molecule is O=C1C=C(Nc2ccc(F)c(F)c2)C2(CCN(Cc3ccccc3)CC2)N1c1cccc(F)c1. The van der Waals surface area contributed by atoms with Gasteiger partial charge in [0.15, 0.2) is 11.6 Å². The Morgan fingerprint density at radius 3 is 2.32 bits per heavy atom. The Hall–Kier alpha value is -3.58. The molecule has 0 aromatic heterocycles. The average Bonchev–Trinajstić information content (AvgIpc) is 3.09. The molecule has 2 aliphatic rings. The molecule has 7 heteroatoms. The van der Waals surface area contributed by atoms with Gasteiger partial charge in [-0.05, 0) is 48.7 Å². The van der Waals surface area contributed by atoms with E-state index in [1.165, 1.54) is 29.8 Å². The molecule has 0 saturated carbocycles. The van der Waals surface area contributed by atoms with Crippen LogP contribution in [0.2, 0.25) is 0 Å². The van der Waals surface area contributed by atoms with Gasteiger partial charge >= 0.3 is 0 Å². The van der Waals surface area contributed by atoms with Crippen molar-refractivity contribution in [1.82, 2.24) is 4.90 Å². The van der Waals surface area contributed by atoms with Gasteiger partial charge in [-0.2, -0.15) is 0 Å². The zero-order chi connectivity index (χ0) is 23.7. The summed E-state index contributed by atoms with van der Waals surface area (Å²) in [5.74, 6) is -2.60. The quantitative estimate of drug-likeness (QED) is 0.544. The molecule has 2 heterocycles. The van der Waals surface area contributed by atoms with Crippen molar-refractivity contribution in [3.8, 4) is 0 Å². The lowest BCUT2D eigenvalue weighted by molar-refractivity contribution is -0.114. The van der Waals surface area contributed by atoms with Gasteiger partial charge in [0.25, 0.3) is 5.91 Å². The summed E-state index contributed by atoms with van der Waals surface area (Å²) >= 11 is 0. The Labute approximate surface area is 196 Å². The van der Waals surface area contributed by atoms with Crippen LogP contribution < -0.4 is 10.2 Å². The first kappa shape index (κ1) is 22.2. The normalized spacial score (nSPS) is 17.8. The minimum absolute atomic E-state index is 0.271. The average molecular weight is 464 g/mol. The Kier molecular flexibility index (Phi) is 5.87. The molecule has 1 spiro atoms. The van der Waals surface area contributed by atoms with E-state index in [2.05, 4.69) is 22.3 Å². The summed E-state index contributed by atoms with van der Waals surface area (Å²) in [5.41, 5.74) is 1.89. The molecule has 34 heavy (non-hydrogen) atoms. The number of anilines is 2. The number of carbonyl (C=O) groups excluding carboxylic acids is 1. The largest absolute Gasteiger partial charge is 0.357 e. The molecule has 0 unspecified atom stereocenters. The van der Waals surface area contributed by atoms with Crippen LogP contribution in [0.4, 0.5) is 24.5 Å². The van der Waals surface area contributed by atoms with Crippen LogP contribution in [0.25, 0.3) is 0 Å². The van der Waals surface area contributed by atoms with E-state index in [0.29, 0.717) is 43.0 Å². The van der Waals surface area contributed by atoms with Gasteiger partial charge in [-0.15, -0.1) is 0 Å². The number of piperidine rings is 1. The molecule has 4 nitrogen and oxygen atoms in total. The fourth-order valence-corrected chi connectivity index (χ4v) is 4.94. The van der Waals surface area contributed by atoms with Gasteiger partial charge in [-0.3, -0.25) is 14.6 Å². The van der Waals surface area contributed by atoms with Gasteiger partial charge in [0.2, 0.25) is 0 Å². The van der Waals surface area contributed by atoms with Crippen molar-refractivity contribution >= 4 is 17.3 Å². The minimum Gasteiger partial charge on any atom is -0.357 e. The van der Waals surface area contributed by atoms with E-state index in [-0.39, 0.29) is 5.91 Å². The highest BCUT2D eigenvalue weighted by atomic mass is 19.2. The number of hydrogen-bond acceptors (Lipinski definition) is 3. The summed E-state index contributed by atoms with van der Waals surface area (Å²) in [6.07, 6.45) is 2.69. The first-order valence-corrected chi connectivity index (χ1v) is 11.2. The molecule has 0 bridgehead atoms. The van der Waals surface area contributed by atoms with Crippen molar-refractivity contribution in [1.29, 1.82) is 0 Å². The molecule has 3 aromatic carbocycles. The maximum absolute atomic E-state index is 14.1. The summed E-state index contributed by atoms with van der Waals surface area (Å²) < 4.78 is 41.4. The number of nitrogens with zero attached hydrogens (tertiary/aromatic N) is 2. The molecule has 0 radical (unpaired) electrons. The second-order valence-corrected chi connectivity index (χ2v) is 8.76. The summed E-state index contributed by atoms with van der Waals surface area (Å²) in [4.78, 5) is 17.2. The molecule has 3 aromatic rings. The second kappa shape index (κ2) is 8.99. The molecule has 0 atom stereocenters. The first-order chi connectivity index (χ1) is 16.4. The van der Waals surface area contributed by atoms with E-state index in [9.17, 15) is 18.0 Å². The molecular weight excluding hydrogens is 439 g/mol. The maximum atomic E-state index is 14.1. The highest BCUT2D eigenvalue weighted by Gasteiger charge is 2.50. The lowest BCUT2D eigenvalue weighted by atomic mass is 9.83. The lowest BCUT2D eigenvalue weighted by Crippen LogP contribution is -2.56. The molecule has 1 amide bonds. The van der Waals surface area contributed by atoms with Gasteiger partial charge in [0.05, 0.1) is 5.54 Å². The molecule has 5 rings (SSSR count). The lowest BCUT2D eigenvalue weighted by Gasteiger charge is -2.46. The van der Waals surface area contributed by atoms with Gasteiger partial charge in [-0.1, -0.05) is 36.4 Å². The standard InChI is InChI=1S/C27H24F3N3O/c28-20-7-4-8-22(15-20)33-26(34)17-25(31-21-9-10-23(29)24(30)16-21)27(33)11-13-32(14-12-27)18-19-5-2-1-3-6-19/h1-10,15-17,31H,11-14,18H2. The Balaban J connectivity index is 1.45. The van der Waals surface area contributed by atoms with Crippen LogP contribution in [0.5, 0.6) is 0 Å². The molecule has 2 aliphatic heterocycles. The number of carbonyl (C=O) groups is 1.